The van der Waals surface area contributed by atoms with Crippen molar-refractivity contribution in [3.05, 3.63) is 42.2 Å². The zero-order chi connectivity index (χ0) is 11.8. The number of amides is 1. The number of pyridine rings is 1. The molecule has 1 unspecified atom stereocenters. The zero-order valence-electron chi connectivity index (χ0n) is 9.67. The molecule has 0 N–H and O–H groups in total. The second-order valence-corrected chi connectivity index (χ2v) is 4.62. The molecule has 0 saturated carbocycles. The van der Waals surface area contributed by atoms with Crippen LogP contribution in [-0.2, 0) is 4.79 Å². The fourth-order valence-corrected chi connectivity index (χ4v) is 2.62. The lowest BCUT2D eigenvalue weighted by Crippen LogP contribution is -2.46. The van der Waals surface area contributed by atoms with E-state index in [4.69, 9.17) is 0 Å². The van der Waals surface area contributed by atoms with E-state index in [0.717, 1.165) is 24.1 Å². The van der Waals surface area contributed by atoms with Crippen LogP contribution in [0.2, 0.25) is 0 Å². The SMILES string of the molecule is C=C1CC(c2cccnc2)N2CCC(=O)N2C1. The van der Waals surface area contributed by atoms with Crippen molar-refractivity contribution < 1.29 is 4.79 Å². The molecule has 3 rings (SSSR count). The molecule has 1 aromatic heterocycles. The number of carbonyl (C=O) groups is 1. The fraction of sp³-hybridized carbons (Fsp3) is 0.385. The topological polar surface area (TPSA) is 36.4 Å². The van der Waals surface area contributed by atoms with Gasteiger partial charge in [0.15, 0.2) is 0 Å². The Morgan fingerprint density at radius 3 is 3.12 bits per heavy atom. The predicted octanol–water partition coefficient (Wildman–Crippen LogP) is 1.53. The Labute approximate surface area is 101 Å². The van der Waals surface area contributed by atoms with Crippen molar-refractivity contribution >= 4 is 5.91 Å². The number of hydrogen-bond acceptors (Lipinski definition) is 3. The monoisotopic (exact) mass is 229 g/mol. The van der Waals surface area contributed by atoms with Gasteiger partial charge in [0, 0.05) is 25.4 Å². The molecule has 17 heavy (non-hydrogen) atoms. The number of fused-ring (bicyclic) bond motifs is 1. The van der Waals surface area contributed by atoms with Crippen molar-refractivity contribution in [1.82, 2.24) is 15.0 Å². The van der Waals surface area contributed by atoms with Crippen molar-refractivity contribution in [2.75, 3.05) is 13.1 Å². The smallest absolute Gasteiger partial charge is 0.238 e. The minimum atomic E-state index is 0.208. The molecule has 1 aromatic rings. The number of hydrogen-bond donors (Lipinski definition) is 0. The van der Waals surface area contributed by atoms with Gasteiger partial charge in [0.1, 0.15) is 0 Å². The van der Waals surface area contributed by atoms with E-state index in [0.29, 0.717) is 13.0 Å². The van der Waals surface area contributed by atoms with Gasteiger partial charge in [-0.1, -0.05) is 18.2 Å². The van der Waals surface area contributed by atoms with Gasteiger partial charge in [-0.25, -0.2) is 5.01 Å². The summed E-state index contributed by atoms with van der Waals surface area (Å²) >= 11 is 0. The molecule has 1 amide bonds. The molecule has 0 aliphatic carbocycles. The first-order chi connectivity index (χ1) is 8.25. The first kappa shape index (κ1) is 10.5. The number of rotatable bonds is 1. The molecule has 0 bridgehead atoms. The number of carbonyl (C=O) groups excluding carboxylic acids is 1. The largest absolute Gasteiger partial charge is 0.273 e. The predicted molar refractivity (Wildman–Crippen MR) is 63.8 cm³/mol. The Bertz CT molecular complexity index is 457. The Balaban J connectivity index is 1.94. The zero-order valence-corrected chi connectivity index (χ0v) is 9.67. The lowest BCUT2D eigenvalue weighted by atomic mass is 9.98. The van der Waals surface area contributed by atoms with Crippen LogP contribution in [0.5, 0.6) is 0 Å². The second-order valence-electron chi connectivity index (χ2n) is 4.62. The van der Waals surface area contributed by atoms with Crippen LogP contribution >= 0.6 is 0 Å². The minimum Gasteiger partial charge on any atom is -0.273 e. The number of aromatic nitrogens is 1. The highest BCUT2D eigenvalue weighted by atomic mass is 16.2. The van der Waals surface area contributed by atoms with Crippen molar-refractivity contribution in [2.45, 2.75) is 18.9 Å². The second kappa shape index (κ2) is 3.96. The maximum Gasteiger partial charge on any atom is 0.238 e. The van der Waals surface area contributed by atoms with Crippen LogP contribution in [-0.4, -0.2) is 34.0 Å². The Kier molecular flexibility index (Phi) is 2.44. The number of nitrogens with zero attached hydrogens (tertiary/aromatic N) is 3. The third-order valence-electron chi connectivity index (χ3n) is 3.44. The van der Waals surface area contributed by atoms with Crippen LogP contribution in [0.1, 0.15) is 24.4 Å². The average Bonchev–Trinajstić information content (AvgIpc) is 2.72. The minimum absolute atomic E-state index is 0.208. The van der Waals surface area contributed by atoms with E-state index < -0.39 is 0 Å². The van der Waals surface area contributed by atoms with Crippen molar-refractivity contribution in [3.8, 4) is 0 Å². The van der Waals surface area contributed by atoms with Crippen LogP contribution in [0.25, 0.3) is 0 Å². The molecule has 4 nitrogen and oxygen atoms in total. The highest BCUT2D eigenvalue weighted by Gasteiger charge is 2.38. The van der Waals surface area contributed by atoms with Gasteiger partial charge in [0.25, 0.3) is 0 Å². The van der Waals surface area contributed by atoms with Gasteiger partial charge in [0.2, 0.25) is 5.91 Å². The standard InChI is InChI=1S/C13H15N3O/c1-10-7-12(11-3-2-5-14-8-11)15-6-4-13(17)16(15)9-10/h2-3,5,8,12H,1,4,6-7,9H2. The molecular weight excluding hydrogens is 214 g/mol. The molecule has 0 aromatic carbocycles. The van der Waals surface area contributed by atoms with E-state index in [2.05, 4.69) is 22.6 Å². The molecule has 2 aliphatic heterocycles. The summed E-state index contributed by atoms with van der Waals surface area (Å²) in [5.74, 6) is 0.208. The van der Waals surface area contributed by atoms with Gasteiger partial charge in [-0.15, -0.1) is 0 Å². The summed E-state index contributed by atoms with van der Waals surface area (Å²) in [7, 11) is 0. The van der Waals surface area contributed by atoms with Gasteiger partial charge < -0.3 is 0 Å². The van der Waals surface area contributed by atoms with Gasteiger partial charge in [-0.05, 0) is 18.1 Å². The van der Waals surface area contributed by atoms with Gasteiger partial charge in [-0.3, -0.25) is 14.8 Å². The molecule has 1 atom stereocenters. The van der Waals surface area contributed by atoms with Gasteiger partial charge >= 0.3 is 0 Å². The molecule has 4 heteroatoms. The normalized spacial score (nSPS) is 25.2. The molecule has 88 valence electrons. The van der Waals surface area contributed by atoms with E-state index in [1.807, 2.05) is 17.3 Å². The van der Waals surface area contributed by atoms with Crippen molar-refractivity contribution in [3.63, 3.8) is 0 Å². The third kappa shape index (κ3) is 1.74. The summed E-state index contributed by atoms with van der Waals surface area (Å²) in [4.78, 5) is 15.9. The summed E-state index contributed by atoms with van der Waals surface area (Å²) in [6, 6.07) is 4.23. The maximum atomic E-state index is 11.8. The van der Waals surface area contributed by atoms with E-state index in [1.165, 1.54) is 0 Å². The fourth-order valence-electron chi connectivity index (χ4n) is 2.62. The van der Waals surface area contributed by atoms with Crippen LogP contribution < -0.4 is 0 Å². The molecule has 0 radical (unpaired) electrons. The maximum absolute atomic E-state index is 11.8. The molecule has 2 saturated heterocycles. The van der Waals surface area contributed by atoms with Crippen LogP contribution in [0.15, 0.2) is 36.7 Å². The van der Waals surface area contributed by atoms with Crippen molar-refractivity contribution in [2.24, 2.45) is 0 Å². The lowest BCUT2D eigenvalue weighted by Gasteiger charge is -2.40. The summed E-state index contributed by atoms with van der Waals surface area (Å²) < 4.78 is 0. The highest BCUT2D eigenvalue weighted by molar-refractivity contribution is 5.78. The highest BCUT2D eigenvalue weighted by Crippen LogP contribution is 2.35. The van der Waals surface area contributed by atoms with Crippen LogP contribution in [0, 0.1) is 0 Å². The molecule has 0 spiro atoms. The molecular formula is C13H15N3O. The Hall–Kier alpha value is -1.68. The molecule has 2 aliphatic rings. The molecule has 3 heterocycles. The summed E-state index contributed by atoms with van der Waals surface area (Å²) in [6.07, 6.45) is 5.18. The van der Waals surface area contributed by atoms with E-state index >= 15 is 0 Å². The van der Waals surface area contributed by atoms with Crippen LogP contribution in [0.4, 0.5) is 0 Å². The summed E-state index contributed by atoms with van der Waals surface area (Å²) in [5.41, 5.74) is 2.28. The van der Waals surface area contributed by atoms with E-state index in [9.17, 15) is 4.79 Å². The molecule has 2 fully saturated rings. The quantitative estimate of drug-likeness (QED) is 0.685. The van der Waals surface area contributed by atoms with Gasteiger partial charge in [-0.2, -0.15) is 0 Å². The van der Waals surface area contributed by atoms with Gasteiger partial charge in [0.05, 0.1) is 12.6 Å². The first-order valence-corrected chi connectivity index (χ1v) is 5.89. The van der Waals surface area contributed by atoms with Crippen molar-refractivity contribution in [1.29, 1.82) is 0 Å². The average molecular weight is 229 g/mol. The van der Waals surface area contributed by atoms with E-state index in [1.54, 1.807) is 6.20 Å². The number of hydrazine groups is 1. The third-order valence-corrected chi connectivity index (χ3v) is 3.44. The summed E-state index contributed by atoms with van der Waals surface area (Å²) in [6.45, 7) is 5.53. The Morgan fingerprint density at radius 1 is 1.47 bits per heavy atom. The summed E-state index contributed by atoms with van der Waals surface area (Å²) in [5, 5.41) is 4.00. The van der Waals surface area contributed by atoms with E-state index in [-0.39, 0.29) is 11.9 Å². The first-order valence-electron chi connectivity index (χ1n) is 5.89. The Morgan fingerprint density at radius 2 is 2.35 bits per heavy atom. The lowest BCUT2D eigenvalue weighted by molar-refractivity contribution is -0.142. The van der Waals surface area contributed by atoms with Crippen LogP contribution in [0.3, 0.4) is 0 Å².